The van der Waals surface area contributed by atoms with Gasteiger partial charge < -0.3 is 15.3 Å². The lowest BCUT2D eigenvalue weighted by molar-refractivity contribution is 0.0734. The Balaban J connectivity index is 1.88. The molecule has 1 aromatic rings. The first-order valence-electron chi connectivity index (χ1n) is 6.48. The highest BCUT2D eigenvalue weighted by atomic mass is 16.3. The van der Waals surface area contributed by atoms with Crippen molar-refractivity contribution in [2.75, 3.05) is 19.6 Å². The van der Waals surface area contributed by atoms with Crippen LogP contribution in [0.25, 0.3) is 0 Å². The molecule has 0 bridgehead atoms. The van der Waals surface area contributed by atoms with Crippen LogP contribution in [0.4, 0.5) is 0 Å². The van der Waals surface area contributed by atoms with E-state index in [1.54, 1.807) is 6.07 Å². The highest BCUT2D eigenvalue weighted by molar-refractivity contribution is 5.97. The minimum absolute atomic E-state index is 0.0348. The van der Waals surface area contributed by atoms with Gasteiger partial charge in [0.25, 0.3) is 5.91 Å². The molecule has 2 saturated heterocycles. The first kappa shape index (κ1) is 11.5. The van der Waals surface area contributed by atoms with Crippen LogP contribution in [0.15, 0.2) is 18.2 Å². The zero-order valence-electron chi connectivity index (χ0n) is 10.5. The van der Waals surface area contributed by atoms with Gasteiger partial charge in [-0.05, 0) is 30.9 Å². The average Bonchev–Trinajstić information content (AvgIpc) is 2.94. The molecule has 4 nitrogen and oxygen atoms in total. The molecule has 2 fully saturated rings. The third kappa shape index (κ3) is 1.68. The number of para-hydroxylation sites is 1. The molecule has 0 saturated carbocycles. The van der Waals surface area contributed by atoms with Crippen molar-refractivity contribution in [2.45, 2.75) is 19.4 Å². The Hall–Kier alpha value is -1.55. The highest BCUT2D eigenvalue weighted by Gasteiger charge is 2.40. The Labute approximate surface area is 107 Å². The van der Waals surface area contributed by atoms with E-state index in [-0.39, 0.29) is 11.7 Å². The number of carbonyl (C=O) groups excluding carboxylic acids is 1. The number of likely N-dealkylation sites (tertiary alicyclic amines) is 1. The van der Waals surface area contributed by atoms with E-state index in [9.17, 15) is 9.90 Å². The monoisotopic (exact) mass is 246 g/mol. The van der Waals surface area contributed by atoms with E-state index in [4.69, 9.17) is 0 Å². The maximum atomic E-state index is 12.5. The van der Waals surface area contributed by atoms with Crippen LogP contribution >= 0.6 is 0 Å². The van der Waals surface area contributed by atoms with Gasteiger partial charge in [-0.2, -0.15) is 0 Å². The molecule has 2 N–H and O–H groups in total. The number of aryl methyl sites for hydroxylation is 1. The van der Waals surface area contributed by atoms with E-state index in [1.807, 2.05) is 24.0 Å². The van der Waals surface area contributed by atoms with E-state index < -0.39 is 0 Å². The van der Waals surface area contributed by atoms with E-state index >= 15 is 0 Å². The number of nitrogens with zero attached hydrogens (tertiary/aromatic N) is 1. The Morgan fingerprint density at radius 1 is 1.44 bits per heavy atom. The molecule has 0 spiro atoms. The minimum Gasteiger partial charge on any atom is -0.507 e. The van der Waals surface area contributed by atoms with Crippen molar-refractivity contribution >= 4 is 5.91 Å². The van der Waals surface area contributed by atoms with Crippen LogP contribution in [0, 0.1) is 12.8 Å². The predicted molar refractivity (Wildman–Crippen MR) is 68.6 cm³/mol. The van der Waals surface area contributed by atoms with Gasteiger partial charge in [-0.3, -0.25) is 4.79 Å². The third-order valence-corrected chi connectivity index (χ3v) is 4.17. The zero-order chi connectivity index (χ0) is 12.7. The quantitative estimate of drug-likeness (QED) is 0.781. The fourth-order valence-corrected chi connectivity index (χ4v) is 3.09. The van der Waals surface area contributed by atoms with Crippen molar-refractivity contribution in [3.8, 4) is 5.75 Å². The van der Waals surface area contributed by atoms with Gasteiger partial charge in [0.05, 0.1) is 5.56 Å². The number of carbonyl (C=O) groups is 1. The summed E-state index contributed by atoms with van der Waals surface area (Å²) in [4.78, 5) is 14.4. The minimum atomic E-state index is -0.0348. The number of aromatic hydroxyl groups is 1. The fourth-order valence-electron chi connectivity index (χ4n) is 3.09. The van der Waals surface area contributed by atoms with Gasteiger partial charge in [0, 0.05) is 25.7 Å². The van der Waals surface area contributed by atoms with Gasteiger partial charge in [0.2, 0.25) is 0 Å². The van der Waals surface area contributed by atoms with Crippen molar-refractivity contribution < 1.29 is 9.90 Å². The second kappa shape index (κ2) is 4.28. The number of benzene rings is 1. The first-order valence-corrected chi connectivity index (χ1v) is 6.48. The second-order valence-electron chi connectivity index (χ2n) is 5.24. The van der Waals surface area contributed by atoms with Gasteiger partial charge in [-0.1, -0.05) is 12.1 Å². The van der Waals surface area contributed by atoms with E-state index in [1.165, 1.54) is 0 Å². The standard InChI is InChI=1S/C14H18N2O2/c1-9-3-2-4-11(13(9)17)14(18)16-6-5-10-7-15-8-12(10)16/h2-4,10,12,15,17H,5-8H2,1H3/t10-,12+/m1/s1. The fraction of sp³-hybridized carbons (Fsp3) is 0.500. The molecular weight excluding hydrogens is 228 g/mol. The van der Waals surface area contributed by atoms with Crippen LogP contribution in [0.1, 0.15) is 22.3 Å². The average molecular weight is 246 g/mol. The summed E-state index contributed by atoms with van der Waals surface area (Å²) in [6.45, 7) is 4.51. The SMILES string of the molecule is Cc1cccc(C(=O)N2CC[C@@H]3CNC[C@@H]32)c1O. The third-order valence-electron chi connectivity index (χ3n) is 4.17. The van der Waals surface area contributed by atoms with Crippen LogP contribution in [-0.4, -0.2) is 41.6 Å². The summed E-state index contributed by atoms with van der Waals surface area (Å²) in [7, 11) is 0. The first-order chi connectivity index (χ1) is 8.68. The Morgan fingerprint density at radius 3 is 3.11 bits per heavy atom. The van der Waals surface area contributed by atoms with Crippen LogP contribution in [0.3, 0.4) is 0 Å². The molecule has 96 valence electrons. The van der Waals surface area contributed by atoms with Crippen LogP contribution in [0.2, 0.25) is 0 Å². The number of fused-ring (bicyclic) bond motifs is 1. The van der Waals surface area contributed by atoms with Gasteiger partial charge in [0.1, 0.15) is 5.75 Å². The number of rotatable bonds is 1. The summed E-state index contributed by atoms with van der Waals surface area (Å²) in [6.07, 6.45) is 1.07. The number of phenols is 1. The smallest absolute Gasteiger partial charge is 0.257 e. The number of phenolic OH excluding ortho intramolecular Hbond substituents is 1. The van der Waals surface area contributed by atoms with Gasteiger partial charge in [-0.25, -0.2) is 0 Å². The molecular formula is C14H18N2O2. The molecule has 0 unspecified atom stereocenters. The lowest BCUT2D eigenvalue weighted by atomic mass is 10.0. The number of nitrogens with one attached hydrogen (secondary N) is 1. The van der Waals surface area contributed by atoms with Crippen molar-refractivity contribution in [2.24, 2.45) is 5.92 Å². The lowest BCUT2D eigenvalue weighted by Gasteiger charge is -2.24. The molecule has 0 aromatic heterocycles. The summed E-state index contributed by atoms with van der Waals surface area (Å²) in [5.74, 6) is 0.671. The number of hydrogen-bond acceptors (Lipinski definition) is 3. The van der Waals surface area contributed by atoms with Gasteiger partial charge >= 0.3 is 0 Å². The summed E-state index contributed by atoms with van der Waals surface area (Å²) >= 11 is 0. The topological polar surface area (TPSA) is 52.6 Å². The molecule has 1 amide bonds. The molecule has 2 aliphatic rings. The Kier molecular flexibility index (Phi) is 2.74. The maximum absolute atomic E-state index is 12.5. The van der Waals surface area contributed by atoms with Crippen molar-refractivity contribution in [1.29, 1.82) is 0 Å². The molecule has 0 aliphatic carbocycles. The summed E-state index contributed by atoms with van der Waals surface area (Å²) in [6, 6.07) is 5.65. The number of hydrogen-bond donors (Lipinski definition) is 2. The zero-order valence-corrected chi connectivity index (χ0v) is 10.5. The number of amides is 1. The van der Waals surface area contributed by atoms with E-state index in [0.717, 1.165) is 31.6 Å². The van der Waals surface area contributed by atoms with Gasteiger partial charge in [0.15, 0.2) is 0 Å². The van der Waals surface area contributed by atoms with Gasteiger partial charge in [-0.15, -0.1) is 0 Å². The highest BCUT2D eigenvalue weighted by Crippen LogP contribution is 2.31. The largest absolute Gasteiger partial charge is 0.507 e. The van der Waals surface area contributed by atoms with E-state index in [0.29, 0.717) is 17.5 Å². The van der Waals surface area contributed by atoms with Crippen LogP contribution < -0.4 is 5.32 Å². The molecule has 2 aliphatic heterocycles. The molecule has 3 rings (SSSR count). The normalized spacial score (nSPS) is 26.4. The Bertz CT molecular complexity index is 487. The molecule has 2 heterocycles. The van der Waals surface area contributed by atoms with Crippen molar-refractivity contribution in [3.63, 3.8) is 0 Å². The van der Waals surface area contributed by atoms with Crippen LogP contribution in [-0.2, 0) is 0 Å². The second-order valence-corrected chi connectivity index (χ2v) is 5.24. The molecule has 2 atom stereocenters. The summed E-state index contributed by atoms with van der Waals surface area (Å²) in [5.41, 5.74) is 1.18. The van der Waals surface area contributed by atoms with Crippen molar-refractivity contribution in [3.05, 3.63) is 29.3 Å². The summed E-state index contributed by atoms with van der Waals surface area (Å²) in [5, 5.41) is 13.3. The summed E-state index contributed by atoms with van der Waals surface area (Å²) < 4.78 is 0. The molecule has 1 aromatic carbocycles. The molecule has 0 radical (unpaired) electrons. The molecule has 4 heteroatoms. The maximum Gasteiger partial charge on any atom is 0.257 e. The molecule has 18 heavy (non-hydrogen) atoms. The Morgan fingerprint density at radius 2 is 2.28 bits per heavy atom. The lowest BCUT2D eigenvalue weighted by Crippen LogP contribution is -2.39. The predicted octanol–water partition coefficient (Wildman–Crippen LogP) is 1.13. The van der Waals surface area contributed by atoms with E-state index in [2.05, 4.69) is 5.32 Å². The van der Waals surface area contributed by atoms with Crippen molar-refractivity contribution in [1.82, 2.24) is 10.2 Å². The van der Waals surface area contributed by atoms with Crippen LogP contribution in [0.5, 0.6) is 5.75 Å².